The lowest BCUT2D eigenvalue weighted by atomic mass is 10.4. The fourth-order valence-corrected chi connectivity index (χ4v) is 3.79. The van der Waals surface area contributed by atoms with Gasteiger partial charge in [-0.3, -0.25) is 0 Å². The van der Waals surface area contributed by atoms with Crippen molar-refractivity contribution >= 4 is 20.0 Å². The topological polar surface area (TPSA) is 104 Å². The van der Waals surface area contributed by atoms with E-state index in [1.54, 1.807) is 6.92 Å². The van der Waals surface area contributed by atoms with Crippen molar-refractivity contribution in [2.45, 2.75) is 16.7 Å². The van der Waals surface area contributed by atoms with Gasteiger partial charge < -0.3 is 5.11 Å². The number of hydrogen-bond donors (Lipinski definition) is 2. The molecule has 0 bridgehead atoms. The van der Waals surface area contributed by atoms with Gasteiger partial charge >= 0.3 is 0 Å². The molecule has 20 heavy (non-hydrogen) atoms. The van der Waals surface area contributed by atoms with E-state index in [-0.39, 0.29) is 29.5 Å². The Bertz CT molecular complexity index is 638. The zero-order valence-corrected chi connectivity index (χ0v) is 12.9. The molecule has 0 heterocycles. The molecule has 0 spiro atoms. The van der Waals surface area contributed by atoms with Crippen molar-refractivity contribution in [3.05, 3.63) is 24.3 Å². The fourth-order valence-electron chi connectivity index (χ4n) is 1.62. The zero-order chi connectivity index (χ0) is 15.4. The van der Waals surface area contributed by atoms with Crippen molar-refractivity contribution < 1.29 is 21.9 Å². The molecule has 1 aromatic rings. The lowest BCUT2D eigenvalue weighted by Crippen LogP contribution is -2.33. The molecular formula is C11H18N2O5S2. The van der Waals surface area contributed by atoms with Gasteiger partial charge in [0.05, 0.1) is 16.4 Å². The third kappa shape index (κ3) is 3.55. The number of nitrogens with one attached hydrogen (secondary N) is 1. The number of likely N-dealkylation sites (N-methyl/N-ethyl adjacent to an activating group) is 1. The predicted molar refractivity (Wildman–Crippen MR) is 74.2 cm³/mol. The van der Waals surface area contributed by atoms with Crippen molar-refractivity contribution in [3.63, 3.8) is 0 Å². The molecule has 114 valence electrons. The first kappa shape index (κ1) is 17.1. The molecule has 0 unspecified atom stereocenters. The van der Waals surface area contributed by atoms with Crippen LogP contribution in [0.4, 0.5) is 0 Å². The van der Waals surface area contributed by atoms with Crippen LogP contribution in [0.15, 0.2) is 34.1 Å². The molecular weight excluding hydrogens is 304 g/mol. The standard InChI is InChI=1S/C11H18N2O5S2/c1-3-13(8-9-14)20(17,18)11-6-4-10(5-7-11)19(15,16)12-2/h4-7,12,14H,3,8-9H2,1-2H3. The largest absolute Gasteiger partial charge is 0.395 e. The minimum absolute atomic E-state index is 0.00456. The number of nitrogens with zero attached hydrogens (tertiary/aromatic N) is 1. The molecule has 2 N–H and O–H groups in total. The maximum absolute atomic E-state index is 12.2. The van der Waals surface area contributed by atoms with E-state index in [1.807, 2.05) is 0 Å². The van der Waals surface area contributed by atoms with Crippen molar-refractivity contribution in [1.82, 2.24) is 9.03 Å². The van der Waals surface area contributed by atoms with Crippen LogP contribution in [-0.4, -0.2) is 53.0 Å². The molecule has 0 aliphatic rings. The number of aliphatic hydroxyl groups excluding tert-OH is 1. The van der Waals surface area contributed by atoms with Crippen LogP contribution in [0.1, 0.15) is 6.92 Å². The van der Waals surface area contributed by atoms with E-state index in [0.717, 1.165) is 4.31 Å². The van der Waals surface area contributed by atoms with Crippen LogP contribution in [0.5, 0.6) is 0 Å². The maximum atomic E-state index is 12.2. The van der Waals surface area contributed by atoms with E-state index >= 15 is 0 Å². The van der Waals surface area contributed by atoms with Crippen molar-refractivity contribution in [1.29, 1.82) is 0 Å². The van der Waals surface area contributed by atoms with Gasteiger partial charge in [-0.15, -0.1) is 0 Å². The summed E-state index contributed by atoms with van der Waals surface area (Å²) in [7, 11) is -6.04. The SMILES string of the molecule is CCN(CCO)S(=O)(=O)c1ccc(S(=O)(=O)NC)cc1. The Hall–Kier alpha value is -1.00. The van der Waals surface area contributed by atoms with Gasteiger partial charge in [-0.05, 0) is 31.3 Å². The van der Waals surface area contributed by atoms with E-state index in [1.165, 1.54) is 31.3 Å². The Kier molecular flexibility index (Phi) is 5.66. The maximum Gasteiger partial charge on any atom is 0.243 e. The van der Waals surface area contributed by atoms with Crippen molar-refractivity contribution in [2.24, 2.45) is 0 Å². The van der Waals surface area contributed by atoms with Crippen LogP contribution in [-0.2, 0) is 20.0 Å². The highest BCUT2D eigenvalue weighted by atomic mass is 32.2. The monoisotopic (exact) mass is 322 g/mol. The summed E-state index contributed by atoms with van der Waals surface area (Å²) in [6.45, 7) is 1.60. The molecule has 0 aliphatic carbocycles. The smallest absolute Gasteiger partial charge is 0.243 e. The average molecular weight is 322 g/mol. The Morgan fingerprint density at radius 2 is 1.60 bits per heavy atom. The highest BCUT2D eigenvalue weighted by molar-refractivity contribution is 7.89. The second-order valence-corrected chi connectivity index (χ2v) is 7.72. The average Bonchev–Trinajstić information content (AvgIpc) is 2.44. The summed E-state index contributed by atoms with van der Waals surface area (Å²) >= 11 is 0. The molecule has 0 saturated heterocycles. The second-order valence-electron chi connectivity index (χ2n) is 3.90. The van der Waals surface area contributed by atoms with Crippen molar-refractivity contribution in [2.75, 3.05) is 26.7 Å². The number of aliphatic hydroxyl groups is 1. The van der Waals surface area contributed by atoms with Gasteiger partial charge in [0.2, 0.25) is 20.0 Å². The first-order chi connectivity index (χ1) is 9.29. The first-order valence-corrected chi connectivity index (χ1v) is 8.86. The normalized spacial score (nSPS) is 12.8. The minimum atomic E-state index is -3.72. The Balaban J connectivity index is 3.16. The Morgan fingerprint density at radius 1 is 1.10 bits per heavy atom. The van der Waals surface area contributed by atoms with Gasteiger partial charge in [0.25, 0.3) is 0 Å². The lowest BCUT2D eigenvalue weighted by molar-refractivity contribution is 0.257. The summed E-state index contributed by atoms with van der Waals surface area (Å²) < 4.78 is 50.8. The second kappa shape index (κ2) is 6.64. The molecule has 0 aromatic heterocycles. The van der Waals surface area contributed by atoms with E-state index < -0.39 is 20.0 Å². The zero-order valence-electron chi connectivity index (χ0n) is 11.3. The van der Waals surface area contributed by atoms with Crippen LogP contribution in [0.2, 0.25) is 0 Å². The van der Waals surface area contributed by atoms with Gasteiger partial charge in [-0.2, -0.15) is 4.31 Å². The lowest BCUT2D eigenvalue weighted by Gasteiger charge is -2.19. The molecule has 0 amide bonds. The van der Waals surface area contributed by atoms with Gasteiger partial charge in [-0.1, -0.05) is 6.92 Å². The number of hydrogen-bond acceptors (Lipinski definition) is 5. The number of sulfonamides is 2. The van der Waals surface area contributed by atoms with Crippen molar-refractivity contribution in [3.8, 4) is 0 Å². The van der Waals surface area contributed by atoms with E-state index in [0.29, 0.717) is 0 Å². The van der Waals surface area contributed by atoms with E-state index in [2.05, 4.69) is 4.72 Å². The van der Waals surface area contributed by atoms with Crippen LogP contribution in [0.3, 0.4) is 0 Å². The summed E-state index contributed by atoms with van der Waals surface area (Å²) in [5, 5.41) is 8.87. The summed E-state index contributed by atoms with van der Waals surface area (Å²) in [5.41, 5.74) is 0. The molecule has 1 rings (SSSR count). The Morgan fingerprint density at radius 3 is 2.00 bits per heavy atom. The quantitative estimate of drug-likeness (QED) is 0.711. The molecule has 0 saturated carbocycles. The Labute approximate surface area is 119 Å². The van der Waals surface area contributed by atoms with Crippen LogP contribution >= 0.6 is 0 Å². The number of rotatable bonds is 7. The molecule has 9 heteroatoms. The van der Waals surface area contributed by atoms with E-state index in [9.17, 15) is 16.8 Å². The van der Waals surface area contributed by atoms with Gasteiger partial charge in [0.1, 0.15) is 0 Å². The van der Waals surface area contributed by atoms with Crippen LogP contribution in [0.25, 0.3) is 0 Å². The third-order valence-corrected chi connectivity index (χ3v) is 6.16. The third-order valence-electron chi connectivity index (χ3n) is 2.74. The summed E-state index contributed by atoms with van der Waals surface area (Å²) in [4.78, 5) is -0.0213. The summed E-state index contributed by atoms with van der Waals surface area (Å²) in [6, 6.07) is 4.93. The highest BCUT2D eigenvalue weighted by Crippen LogP contribution is 2.18. The fraction of sp³-hybridized carbons (Fsp3) is 0.455. The molecule has 7 nitrogen and oxygen atoms in total. The molecule has 0 atom stereocenters. The minimum Gasteiger partial charge on any atom is -0.395 e. The van der Waals surface area contributed by atoms with Crippen LogP contribution in [0, 0.1) is 0 Å². The van der Waals surface area contributed by atoms with Gasteiger partial charge in [0.15, 0.2) is 0 Å². The predicted octanol–water partition coefficient (Wildman–Crippen LogP) is -0.402. The summed E-state index contributed by atoms with van der Waals surface area (Å²) in [6.07, 6.45) is 0. The summed E-state index contributed by atoms with van der Waals surface area (Å²) in [5.74, 6) is 0. The highest BCUT2D eigenvalue weighted by Gasteiger charge is 2.23. The molecule has 0 fully saturated rings. The number of benzene rings is 1. The molecule has 0 radical (unpaired) electrons. The first-order valence-electron chi connectivity index (χ1n) is 5.94. The van der Waals surface area contributed by atoms with Gasteiger partial charge in [0, 0.05) is 13.1 Å². The van der Waals surface area contributed by atoms with Gasteiger partial charge in [-0.25, -0.2) is 21.6 Å². The van der Waals surface area contributed by atoms with Crippen LogP contribution < -0.4 is 4.72 Å². The van der Waals surface area contributed by atoms with E-state index in [4.69, 9.17) is 5.11 Å². The molecule has 0 aliphatic heterocycles. The molecule has 1 aromatic carbocycles.